The fourth-order valence-electron chi connectivity index (χ4n) is 2.56. The van der Waals surface area contributed by atoms with Crippen molar-refractivity contribution in [1.29, 1.82) is 0 Å². The number of hydrogen-bond donors (Lipinski definition) is 1. The summed E-state index contributed by atoms with van der Waals surface area (Å²) in [6.45, 7) is 8.50. The monoisotopic (exact) mass is 388 g/mol. The smallest absolute Gasteiger partial charge is 0.407 e. The molecule has 1 fully saturated rings. The van der Waals surface area contributed by atoms with Gasteiger partial charge in [-0.3, -0.25) is 0 Å². The zero-order valence-electron chi connectivity index (χ0n) is 16.5. The van der Waals surface area contributed by atoms with Gasteiger partial charge in [0, 0.05) is 5.56 Å². The zero-order chi connectivity index (χ0) is 20.4. The van der Waals surface area contributed by atoms with Gasteiger partial charge in [0.2, 0.25) is 0 Å². The molecule has 0 aliphatic carbocycles. The van der Waals surface area contributed by atoms with Crippen molar-refractivity contribution in [2.24, 2.45) is 0 Å². The second kappa shape index (κ2) is 7.75. The Bertz CT molecular complexity index is 842. The number of hydrogen-bond acceptors (Lipinski definition) is 5. The molecule has 1 aromatic heterocycles. The van der Waals surface area contributed by atoms with Gasteiger partial charge in [-0.25, -0.2) is 14.2 Å². The highest BCUT2D eigenvalue weighted by atomic mass is 19.1. The van der Waals surface area contributed by atoms with Crippen LogP contribution >= 0.6 is 0 Å². The summed E-state index contributed by atoms with van der Waals surface area (Å²) in [5, 5.41) is 2.65. The van der Waals surface area contributed by atoms with Gasteiger partial charge in [-0.15, -0.1) is 0 Å². The van der Waals surface area contributed by atoms with E-state index in [1.54, 1.807) is 32.9 Å². The summed E-state index contributed by atoms with van der Waals surface area (Å²) in [5.41, 5.74) is 1.20. The molecule has 1 atom stereocenters. The Kier molecular flexibility index (Phi) is 5.56. The molecule has 0 radical (unpaired) electrons. The molecule has 0 bridgehead atoms. The van der Waals surface area contributed by atoms with E-state index in [-0.39, 0.29) is 24.6 Å². The van der Waals surface area contributed by atoms with Crippen LogP contribution in [0.3, 0.4) is 0 Å². The number of epoxide rings is 1. The van der Waals surface area contributed by atoms with Crippen molar-refractivity contribution >= 4 is 6.09 Å². The minimum atomic E-state index is -0.554. The minimum Gasteiger partial charge on any atom is -0.489 e. The van der Waals surface area contributed by atoms with Gasteiger partial charge >= 0.3 is 6.09 Å². The Morgan fingerprint density at radius 1 is 1.25 bits per heavy atom. The maximum absolute atomic E-state index is 13.3. The average molecular weight is 388 g/mol. The van der Waals surface area contributed by atoms with Crippen LogP contribution in [0.5, 0.6) is 5.75 Å². The summed E-state index contributed by atoms with van der Waals surface area (Å²) < 4.78 is 29.8. The van der Waals surface area contributed by atoms with E-state index in [2.05, 4.69) is 10.3 Å². The quantitative estimate of drug-likeness (QED) is 0.597. The van der Waals surface area contributed by atoms with Crippen LogP contribution in [0, 0.1) is 5.82 Å². The number of rotatable bonds is 6. The number of aromatic nitrogens is 1. The van der Waals surface area contributed by atoms with E-state index >= 15 is 0 Å². The topological polar surface area (TPSA) is 73.0 Å². The summed E-state index contributed by atoms with van der Waals surface area (Å²) in [5.74, 6) is 0.229. The predicted molar refractivity (Wildman–Crippen MR) is 103 cm³/mol. The first-order valence-electron chi connectivity index (χ1n) is 9.17. The van der Waals surface area contributed by atoms with Gasteiger partial charge < -0.3 is 19.5 Å². The fourth-order valence-corrected chi connectivity index (χ4v) is 2.56. The molecule has 1 N–H and O–H groups in total. The van der Waals surface area contributed by atoms with Gasteiger partial charge in [0.1, 0.15) is 35.1 Å². The Morgan fingerprint density at radius 2 is 1.93 bits per heavy atom. The van der Waals surface area contributed by atoms with Crippen LogP contribution in [0.15, 0.2) is 36.4 Å². The van der Waals surface area contributed by atoms with Crippen molar-refractivity contribution in [2.75, 3.05) is 19.8 Å². The van der Waals surface area contributed by atoms with E-state index in [1.165, 1.54) is 12.1 Å². The van der Waals surface area contributed by atoms with Crippen molar-refractivity contribution in [3.05, 3.63) is 47.9 Å². The van der Waals surface area contributed by atoms with Crippen molar-refractivity contribution < 1.29 is 23.4 Å². The number of halogens is 1. The molecule has 7 heteroatoms. The van der Waals surface area contributed by atoms with E-state index in [9.17, 15) is 9.18 Å². The van der Waals surface area contributed by atoms with E-state index in [4.69, 9.17) is 14.2 Å². The normalized spacial score (nSPS) is 18.5. The lowest BCUT2D eigenvalue weighted by Crippen LogP contribution is -2.34. The minimum absolute atomic E-state index is 0.238. The number of nitrogens with one attached hydrogen (secondary N) is 1. The van der Waals surface area contributed by atoms with Crippen LogP contribution in [0.25, 0.3) is 11.3 Å². The van der Waals surface area contributed by atoms with E-state index in [1.807, 2.05) is 19.1 Å². The van der Waals surface area contributed by atoms with Crippen LogP contribution in [0.4, 0.5) is 9.18 Å². The number of ether oxygens (including phenoxy) is 3. The molecule has 0 spiro atoms. The molecule has 1 aliphatic heterocycles. The van der Waals surface area contributed by atoms with Gasteiger partial charge in [0.15, 0.2) is 0 Å². The van der Waals surface area contributed by atoms with Crippen LogP contribution in [-0.4, -0.2) is 36.4 Å². The number of pyridine rings is 1. The Labute approximate surface area is 164 Å². The molecule has 1 unspecified atom stereocenters. The molecule has 1 aliphatic rings. The maximum Gasteiger partial charge on any atom is 0.407 e. The first kappa shape index (κ1) is 20.1. The molecule has 0 saturated carbocycles. The number of nitrogens with zero attached hydrogens (tertiary/aromatic N) is 1. The standard InChI is InChI=1S/C21H25FN2O4/c1-20(2,3)28-19(25)23-11-12-26-16-9-10-17(21(4)13-27-21)24-18(16)14-5-7-15(22)8-6-14/h5-10H,11-13H2,1-4H3,(H,23,25). The molecule has 1 aromatic carbocycles. The third-order valence-electron chi connectivity index (χ3n) is 4.12. The average Bonchev–Trinajstić information content (AvgIpc) is 3.37. The molecule has 2 heterocycles. The summed E-state index contributed by atoms with van der Waals surface area (Å²) in [7, 11) is 0. The molecule has 150 valence electrons. The lowest BCUT2D eigenvalue weighted by molar-refractivity contribution is 0.0520. The highest BCUT2D eigenvalue weighted by Gasteiger charge is 2.43. The summed E-state index contributed by atoms with van der Waals surface area (Å²) in [6.07, 6.45) is -0.498. The first-order chi connectivity index (χ1) is 13.2. The largest absolute Gasteiger partial charge is 0.489 e. The van der Waals surface area contributed by atoms with Gasteiger partial charge in [-0.2, -0.15) is 0 Å². The molecule has 28 heavy (non-hydrogen) atoms. The Balaban J connectivity index is 1.70. The Morgan fingerprint density at radius 3 is 2.54 bits per heavy atom. The molecular weight excluding hydrogens is 363 g/mol. The van der Waals surface area contributed by atoms with Crippen molar-refractivity contribution in [3.63, 3.8) is 0 Å². The van der Waals surface area contributed by atoms with Crippen LogP contribution in [0.1, 0.15) is 33.4 Å². The SMILES string of the molecule is CC(C)(C)OC(=O)NCCOc1ccc(C2(C)CO2)nc1-c1ccc(F)cc1. The summed E-state index contributed by atoms with van der Waals surface area (Å²) >= 11 is 0. The first-order valence-corrected chi connectivity index (χ1v) is 9.17. The number of benzene rings is 1. The van der Waals surface area contributed by atoms with Crippen molar-refractivity contribution in [3.8, 4) is 17.0 Å². The second-order valence-corrected chi connectivity index (χ2v) is 7.85. The number of carbonyl (C=O) groups is 1. The molecule has 6 nitrogen and oxygen atoms in total. The Hall–Kier alpha value is -2.67. The third kappa shape index (κ3) is 5.19. The number of amides is 1. The maximum atomic E-state index is 13.3. The lowest BCUT2D eigenvalue weighted by Gasteiger charge is -2.20. The van der Waals surface area contributed by atoms with Crippen molar-refractivity contribution in [2.45, 2.75) is 38.9 Å². The van der Waals surface area contributed by atoms with E-state index in [0.717, 1.165) is 11.3 Å². The molecule has 1 saturated heterocycles. The molecule has 2 aromatic rings. The number of alkyl carbamates (subject to hydrolysis) is 1. The number of carbonyl (C=O) groups excluding carboxylic acids is 1. The molecule has 3 rings (SSSR count). The van der Waals surface area contributed by atoms with Gasteiger partial charge in [0.05, 0.1) is 18.8 Å². The molecular formula is C21H25FN2O4. The second-order valence-electron chi connectivity index (χ2n) is 7.85. The highest BCUT2D eigenvalue weighted by molar-refractivity contribution is 5.68. The molecule has 1 amide bonds. The van der Waals surface area contributed by atoms with Crippen LogP contribution in [-0.2, 0) is 15.1 Å². The van der Waals surface area contributed by atoms with E-state index < -0.39 is 11.7 Å². The van der Waals surface area contributed by atoms with Gasteiger partial charge in [-0.1, -0.05) is 0 Å². The third-order valence-corrected chi connectivity index (χ3v) is 4.12. The van der Waals surface area contributed by atoms with Crippen LogP contribution in [0.2, 0.25) is 0 Å². The van der Waals surface area contributed by atoms with E-state index in [0.29, 0.717) is 18.1 Å². The van der Waals surface area contributed by atoms with Crippen LogP contribution < -0.4 is 10.1 Å². The highest BCUT2D eigenvalue weighted by Crippen LogP contribution is 2.39. The lowest BCUT2D eigenvalue weighted by atomic mass is 10.1. The summed E-state index contributed by atoms with van der Waals surface area (Å²) in [4.78, 5) is 16.4. The zero-order valence-corrected chi connectivity index (χ0v) is 16.5. The fraction of sp³-hybridized carbons (Fsp3) is 0.429. The summed E-state index contributed by atoms with van der Waals surface area (Å²) in [6, 6.07) is 9.75. The van der Waals surface area contributed by atoms with Gasteiger partial charge in [-0.05, 0) is 64.1 Å². The predicted octanol–water partition coefficient (Wildman–Crippen LogP) is 4.04. The van der Waals surface area contributed by atoms with Gasteiger partial charge in [0.25, 0.3) is 0 Å². The van der Waals surface area contributed by atoms with Crippen molar-refractivity contribution in [1.82, 2.24) is 10.3 Å².